The summed E-state index contributed by atoms with van der Waals surface area (Å²) >= 11 is 0. The summed E-state index contributed by atoms with van der Waals surface area (Å²) in [6, 6.07) is 10.3. The molecule has 0 aliphatic carbocycles. The number of rotatable bonds is 5. The van der Waals surface area contributed by atoms with Crippen molar-refractivity contribution in [2.75, 3.05) is 0 Å². The molecule has 0 amide bonds. The maximum absolute atomic E-state index is 12.1. The van der Waals surface area contributed by atoms with Gasteiger partial charge >= 0.3 is 5.97 Å². The van der Waals surface area contributed by atoms with Crippen molar-refractivity contribution < 1.29 is 9.53 Å². The molecule has 0 aliphatic heterocycles. The summed E-state index contributed by atoms with van der Waals surface area (Å²) < 4.78 is 8.31. The fourth-order valence-corrected chi connectivity index (χ4v) is 2.41. The Morgan fingerprint density at radius 3 is 2.76 bits per heavy atom. The second-order valence-corrected chi connectivity index (χ2v) is 5.51. The maximum atomic E-state index is 12.1. The Morgan fingerprint density at radius 1 is 1.24 bits per heavy atom. The molecule has 25 heavy (non-hydrogen) atoms. The van der Waals surface area contributed by atoms with E-state index >= 15 is 0 Å². The fraction of sp³-hybridized carbons (Fsp3) is 0.222. The van der Waals surface area contributed by atoms with E-state index in [0.717, 1.165) is 16.8 Å². The SMILES string of the molecule is CCn1nc(C(=O)OCc2ccc(-n3cccn3)cc2C)ccc1=O. The lowest BCUT2D eigenvalue weighted by Gasteiger charge is -2.10. The van der Waals surface area contributed by atoms with Crippen LogP contribution in [-0.4, -0.2) is 25.5 Å². The average Bonchev–Trinajstić information content (AvgIpc) is 3.15. The van der Waals surface area contributed by atoms with Crippen molar-refractivity contribution in [3.8, 4) is 5.69 Å². The van der Waals surface area contributed by atoms with Gasteiger partial charge in [0.1, 0.15) is 6.61 Å². The average molecular weight is 338 g/mol. The Bertz CT molecular complexity index is 945. The predicted octanol–water partition coefficient (Wildman–Crippen LogP) is 2.11. The standard InChI is InChI=1S/C18H18N4O3/c1-3-21-17(23)8-7-16(20-21)18(24)25-12-14-5-6-15(11-13(14)2)22-10-4-9-19-22/h4-11H,3,12H2,1-2H3. The minimum absolute atomic E-state index is 0.118. The molecular formula is C18H18N4O3. The largest absolute Gasteiger partial charge is 0.456 e. The predicted molar refractivity (Wildman–Crippen MR) is 91.6 cm³/mol. The zero-order valence-electron chi connectivity index (χ0n) is 14.0. The van der Waals surface area contributed by atoms with E-state index in [1.54, 1.807) is 17.8 Å². The molecule has 0 aliphatic rings. The zero-order valence-corrected chi connectivity index (χ0v) is 14.0. The summed E-state index contributed by atoms with van der Waals surface area (Å²) in [7, 11) is 0. The molecule has 0 bridgehead atoms. The van der Waals surface area contributed by atoms with Crippen LogP contribution < -0.4 is 5.56 Å². The number of hydrogen-bond acceptors (Lipinski definition) is 5. The summed E-state index contributed by atoms with van der Waals surface area (Å²) in [5, 5.41) is 8.18. The van der Waals surface area contributed by atoms with Crippen molar-refractivity contribution in [1.82, 2.24) is 19.6 Å². The summed E-state index contributed by atoms with van der Waals surface area (Å²) in [4.78, 5) is 23.7. The first kappa shape index (κ1) is 16.6. The Morgan fingerprint density at radius 2 is 2.08 bits per heavy atom. The van der Waals surface area contributed by atoms with E-state index in [9.17, 15) is 9.59 Å². The molecule has 7 nitrogen and oxygen atoms in total. The number of carbonyl (C=O) groups is 1. The van der Waals surface area contributed by atoms with E-state index in [4.69, 9.17) is 4.74 Å². The summed E-state index contributed by atoms with van der Waals surface area (Å²) in [6.07, 6.45) is 3.58. The third-order valence-electron chi connectivity index (χ3n) is 3.83. The highest BCUT2D eigenvalue weighted by molar-refractivity contribution is 5.86. The van der Waals surface area contributed by atoms with Crippen LogP contribution in [0.1, 0.15) is 28.5 Å². The Labute approximate surface area is 144 Å². The van der Waals surface area contributed by atoms with Crippen molar-refractivity contribution in [2.24, 2.45) is 0 Å². The van der Waals surface area contributed by atoms with Crippen LogP contribution in [0, 0.1) is 6.92 Å². The van der Waals surface area contributed by atoms with Gasteiger partial charge in [0.15, 0.2) is 5.69 Å². The number of carbonyl (C=O) groups excluding carboxylic acids is 1. The third kappa shape index (κ3) is 3.65. The van der Waals surface area contributed by atoms with Gasteiger partial charge in [-0.1, -0.05) is 6.07 Å². The minimum atomic E-state index is -0.558. The Balaban J connectivity index is 1.71. The van der Waals surface area contributed by atoms with Crippen molar-refractivity contribution in [1.29, 1.82) is 0 Å². The molecule has 1 aromatic carbocycles. The van der Waals surface area contributed by atoms with Gasteiger partial charge in [-0.2, -0.15) is 10.2 Å². The van der Waals surface area contributed by atoms with E-state index in [-0.39, 0.29) is 17.9 Å². The topological polar surface area (TPSA) is 79.0 Å². The number of aryl methyl sites for hydroxylation is 2. The summed E-state index contributed by atoms with van der Waals surface area (Å²) in [5.41, 5.74) is 2.70. The molecule has 0 saturated carbocycles. The van der Waals surface area contributed by atoms with E-state index in [1.807, 2.05) is 37.4 Å². The van der Waals surface area contributed by atoms with E-state index in [0.29, 0.717) is 6.54 Å². The van der Waals surface area contributed by atoms with Crippen LogP contribution in [0.2, 0.25) is 0 Å². The monoisotopic (exact) mass is 338 g/mol. The number of nitrogens with zero attached hydrogens (tertiary/aromatic N) is 4. The number of ether oxygens (including phenoxy) is 1. The zero-order chi connectivity index (χ0) is 17.8. The number of aromatic nitrogens is 4. The molecule has 0 spiro atoms. The first-order valence-corrected chi connectivity index (χ1v) is 7.93. The quantitative estimate of drug-likeness (QED) is 0.666. The molecule has 0 N–H and O–H groups in total. The maximum Gasteiger partial charge on any atom is 0.359 e. The molecule has 3 aromatic rings. The summed E-state index contributed by atoms with van der Waals surface area (Å²) in [6.45, 7) is 4.27. The molecule has 0 atom stereocenters. The first-order chi connectivity index (χ1) is 12.1. The van der Waals surface area contributed by atoms with Gasteiger partial charge in [0.05, 0.1) is 5.69 Å². The molecular weight excluding hydrogens is 320 g/mol. The molecule has 2 aromatic heterocycles. The van der Waals surface area contributed by atoms with E-state index in [2.05, 4.69) is 10.2 Å². The summed E-state index contributed by atoms with van der Waals surface area (Å²) in [5.74, 6) is -0.558. The second kappa shape index (κ2) is 7.12. The highest BCUT2D eigenvalue weighted by Gasteiger charge is 2.12. The molecule has 0 unspecified atom stereocenters. The highest BCUT2D eigenvalue weighted by Crippen LogP contribution is 2.15. The lowest BCUT2D eigenvalue weighted by Crippen LogP contribution is -2.24. The van der Waals surface area contributed by atoms with Crippen molar-refractivity contribution in [3.63, 3.8) is 0 Å². The van der Waals surface area contributed by atoms with Gasteiger partial charge in [-0.05, 0) is 49.2 Å². The molecule has 128 valence electrons. The third-order valence-corrected chi connectivity index (χ3v) is 3.83. The fourth-order valence-electron chi connectivity index (χ4n) is 2.41. The molecule has 2 heterocycles. The smallest absolute Gasteiger partial charge is 0.359 e. The highest BCUT2D eigenvalue weighted by atomic mass is 16.5. The van der Waals surface area contributed by atoms with Gasteiger partial charge in [-0.25, -0.2) is 14.2 Å². The van der Waals surface area contributed by atoms with E-state index < -0.39 is 5.97 Å². The first-order valence-electron chi connectivity index (χ1n) is 7.93. The Kier molecular flexibility index (Phi) is 4.74. The van der Waals surface area contributed by atoms with Crippen LogP contribution in [-0.2, 0) is 17.9 Å². The lowest BCUT2D eigenvalue weighted by atomic mass is 10.1. The molecule has 3 rings (SSSR count). The van der Waals surface area contributed by atoms with Crippen LogP contribution in [0.5, 0.6) is 0 Å². The van der Waals surface area contributed by atoms with Gasteiger partial charge in [-0.15, -0.1) is 0 Å². The van der Waals surface area contributed by atoms with Crippen LogP contribution in [0.15, 0.2) is 53.6 Å². The van der Waals surface area contributed by atoms with Crippen LogP contribution >= 0.6 is 0 Å². The van der Waals surface area contributed by atoms with Crippen LogP contribution in [0.3, 0.4) is 0 Å². The second-order valence-electron chi connectivity index (χ2n) is 5.51. The van der Waals surface area contributed by atoms with Gasteiger partial charge in [-0.3, -0.25) is 4.79 Å². The normalized spacial score (nSPS) is 10.6. The molecule has 0 saturated heterocycles. The van der Waals surface area contributed by atoms with Crippen LogP contribution in [0.25, 0.3) is 5.69 Å². The number of hydrogen-bond donors (Lipinski definition) is 0. The van der Waals surface area contributed by atoms with Gasteiger partial charge in [0.25, 0.3) is 5.56 Å². The van der Waals surface area contributed by atoms with Crippen molar-refractivity contribution >= 4 is 5.97 Å². The van der Waals surface area contributed by atoms with Crippen LogP contribution in [0.4, 0.5) is 0 Å². The lowest BCUT2D eigenvalue weighted by molar-refractivity contribution is 0.0462. The number of esters is 1. The molecule has 7 heteroatoms. The number of benzene rings is 1. The van der Waals surface area contributed by atoms with Gasteiger partial charge < -0.3 is 4.74 Å². The molecule has 0 radical (unpaired) electrons. The Hall–Kier alpha value is -3.22. The van der Waals surface area contributed by atoms with Gasteiger partial charge in [0.2, 0.25) is 0 Å². The minimum Gasteiger partial charge on any atom is -0.456 e. The molecule has 0 fully saturated rings. The van der Waals surface area contributed by atoms with Gasteiger partial charge in [0, 0.05) is 25.0 Å². The van der Waals surface area contributed by atoms with Crippen molar-refractivity contribution in [3.05, 3.63) is 76.0 Å². The van der Waals surface area contributed by atoms with Crippen molar-refractivity contribution in [2.45, 2.75) is 27.0 Å². The van der Waals surface area contributed by atoms with E-state index in [1.165, 1.54) is 16.8 Å².